The van der Waals surface area contributed by atoms with Crippen molar-refractivity contribution < 1.29 is 4.39 Å². The molecule has 3 aromatic rings. The Bertz CT molecular complexity index is 991. The van der Waals surface area contributed by atoms with E-state index in [9.17, 15) is 14.0 Å². The summed E-state index contributed by atoms with van der Waals surface area (Å²) in [4.78, 5) is 35.3. The minimum absolute atomic E-state index is 0.125. The first-order chi connectivity index (χ1) is 11.1. The van der Waals surface area contributed by atoms with Gasteiger partial charge in [-0.1, -0.05) is 6.08 Å². The molecular formula is C15H12FN5O2. The molecule has 0 atom stereocenters. The van der Waals surface area contributed by atoms with E-state index in [-0.39, 0.29) is 22.7 Å². The van der Waals surface area contributed by atoms with Crippen LogP contribution in [-0.2, 0) is 0 Å². The maximum Gasteiger partial charge on any atom is 0.334 e. The molecule has 0 saturated heterocycles. The van der Waals surface area contributed by atoms with Gasteiger partial charge in [0.1, 0.15) is 11.2 Å². The van der Waals surface area contributed by atoms with Crippen molar-refractivity contribution in [1.82, 2.24) is 19.5 Å². The third-order valence-electron chi connectivity index (χ3n) is 3.14. The van der Waals surface area contributed by atoms with E-state index in [0.717, 1.165) is 4.57 Å². The van der Waals surface area contributed by atoms with Crippen LogP contribution in [0.25, 0.3) is 16.7 Å². The Morgan fingerprint density at radius 2 is 2.04 bits per heavy atom. The minimum Gasteiger partial charge on any atom is -0.351 e. The van der Waals surface area contributed by atoms with E-state index >= 15 is 0 Å². The largest absolute Gasteiger partial charge is 0.351 e. The number of hydrogen-bond donors (Lipinski definition) is 2. The number of nitrogens with zero attached hydrogens (tertiary/aromatic N) is 3. The summed E-state index contributed by atoms with van der Waals surface area (Å²) in [6.45, 7) is 4.01. The molecule has 0 unspecified atom stereocenters. The Balaban J connectivity index is 2.18. The average Bonchev–Trinajstić information content (AvgIpc) is 2.54. The summed E-state index contributed by atoms with van der Waals surface area (Å²) in [6, 6.07) is 5.03. The Morgan fingerprint density at radius 3 is 2.74 bits per heavy atom. The van der Waals surface area contributed by atoms with Gasteiger partial charge >= 0.3 is 5.69 Å². The second-order valence-electron chi connectivity index (χ2n) is 4.67. The van der Waals surface area contributed by atoms with Gasteiger partial charge in [0.05, 0.1) is 5.69 Å². The van der Waals surface area contributed by atoms with Gasteiger partial charge in [-0.15, -0.1) is 6.58 Å². The van der Waals surface area contributed by atoms with Crippen molar-refractivity contribution in [2.24, 2.45) is 0 Å². The van der Waals surface area contributed by atoms with Crippen molar-refractivity contribution in [1.29, 1.82) is 0 Å². The van der Waals surface area contributed by atoms with Crippen LogP contribution in [0.4, 0.5) is 10.3 Å². The number of halogens is 1. The fraction of sp³-hybridized carbons (Fsp3) is 0.0667. The molecule has 0 bridgehead atoms. The third-order valence-corrected chi connectivity index (χ3v) is 3.14. The molecule has 1 aromatic carbocycles. The summed E-state index contributed by atoms with van der Waals surface area (Å²) in [5, 5.41) is 3.02. The predicted molar refractivity (Wildman–Crippen MR) is 84.4 cm³/mol. The molecule has 23 heavy (non-hydrogen) atoms. The van der Waals surface area contributed by atoms with Crippen LogP contribution in [-0.4, -0.2) is 26.1 Å². The molecule has 0 aliphatic carbocycles. The molecule has 0 fully saturated rings. The van der Waals surface area contributed by atoms with Gasteiger partial charge in [0, 0.05) is 12.7 Å². The van der Waals surface area contributed by atoms with Crippen molar-refractivity contribution in [3.05, 3.63) is 69.8 Å². The highest BCUT2D eigenvalue weighted by Gasteiger charge is 2.11. The average molecular weight is 313 g/mol. The van der Waals surface area contributed by atoms with Crippen molar-refractivity contribution in [2.75, 3.05) is 11.9 Å². The molecule has 0 saturated carbocycles. The number of hydrogen-bond acceptors (Lipinski definition) is 5. The highest BCUT2D eigenvalue weighted by atomic mass is 19.1. The van der Waals surface area contributed by atoms with Crippen molar-refractivity contribution in [3.63, 3.8) is 0 Å². The van der Waals surface area contributed by atoms with E-state index in [4.69, 9.17) is 0 Å². The van der Waals surface area contributed by atoms with Crippen LogP contribution in [0.2, 0.25) is 0 Å². The summed E-state index contributed by atoms with van der Waals surface area (Å²) in [5.74, 6) is -0.188. The van der Waals surface area contributed by atoms with Crippen LogP contribution in [0.1, 0.15) is 0 Å². The first-order valence-corrected chi connectivity index (χ1v) is 6.73. The molecule has 7 nitrogen and oxygen atoms in total. The topological polar surface area (TPSA) is 92.7 Å². The zero-order valence-corrected chi connectivity index (χ0v) is 11.9. The van der Waals surface area contributed by atoms with Gasteiger partial charge in [-0.3, -0.25) is 9.78 Å². The molecule has 0 amide bonds. The second-order valence-corrected chi connectivity index (χ2v) is 4.67. The Morgan fingerprint density at radius 1 is 1.30 bits per heavy atom. The van der Waals surface area contributed by atoms with Crippen LogP contribution < -0.4 is 16.6 Å². The van der Waals surface area contributed by atoms with Crippen LogP contribution in [0, 0.1) is 5.82 Å². The molecule has 2 aromatic heterocycles. The molecule has 0 radical (unpaired) electrons. The van der Waals surface area contributed by atoms with Crippen LogP contribution in [0.5, 0.6) is 0 Å². The molecule has 0 aliphatic rings. The van der Waals surface area contributed by atoms with E-state index in [1.165, 1.54) is 30.5 Å². The number of anilines is 1. The van der Waals surface area contributed by atoms with Gasteiger partial charge < -0.3 is 5.32 Å². The molecule has 0 spiro atoms. The first kappa shape index (κ1) is 14.6. The summed E-state index contributed by atoms with van der Waals surface area (Å²) in [5.41, 5.74) is -0.860. The molecule has 0 aliphatic heterocycles. The molecule has 3 rings (SSSR count). The third kappa shape index (κ3) is 2.73. The fourth-order valence-electron chi connectivity index (χ4n) is 2.08. The van der Waals surface area contributed by atoms with Gasteiger partial charge in [-0.05, 0) is 24.3 Å². The SMILES string of the molecule is C=CCNc1ncc2c(=O)n(-c3ccc(F)cc3)c(=O)[nH]c2n1. The predicted octanol–water partition coefficient (Wildman–Crippen LogP) is 1.21. The molecule has 2 N–H and O–H groups in total. The van der Waals surface area contributed by atoms with Crippen LogP contribution in [0.15, 0.2) is 52.7 Å². The minimum atomic E-state index is -0.664. The van der Waals surface area contributed by atoms with Crippen LogP contribution in [0.3, 0.4) is 0 Å². The molecular weight excluding hydrogens is 301 g/mol. The number of H-pyrrole nitrogens is 1. The number of fused-ring (bicyclic) bond motifs is 1. The van der Waals surface area contributed by atoms with Crippen molar-refractivity contribution >= 4 is 17.0 Å². The Hall–Kier alpha value is -3.29. The lowest BCUT2D eigenvalue weighted by Gasteiger charge is -2.07. The van der Waals surface area contributed by atoms with Crippen molar-refractivity contribution in [3.8, 4) is 5.69 Å². The first-order valence-electron chi connectivity index (χ1n) is 6.73. The number of benzene rings is 1. The molecule has 8 heteroatoms. The van der Waals surface area contributed by atoms with E-state index in [1.807, 2.05) is 0 Å². The second kappa shape index (κ2) is 5.84. The maximum absolute atomic E-state index is 13.0. The van der Waals surface area contributed by atoms with E-state index in [0.29, 0.717) is 6.54 Å². The molecule has 116 valence electrons. The number of aromatic amines is 1. The summed E-state index contributed by atoms with van der Waals surface area (Å²) < 4.78 is 13.9. The lowest BCUT2D eigenvalue weighted by Crippen LogP contribution is -2.34. The highest BCUT2D eigenvalue weighted by Crippen LogP contribution is 2.08. The quantitative estimate of drug-likeness (QED) is 0.706. The van der Waals surface area contributed by atoms with Gasteiger partial charge in [0.25, 0.3) is 5.56 Å². The van der Waals surface area contributed by atoms with E-state index in [2.05, 4.69) is 26.8 Å². The summed E-state index contributed by atoms with van der Waals surface area (Å²) in [6.07, 6.45) is 2.95. The summed E-state index contributed by atoms with van der Waals surface area (Å²) >= 11 is 0. The van der Waals surface area contributed by atoms with E-state index < -0.39 is 17.1 Å². The van der Waals surface area contributed by atoms with Crippen LogP contribution >= 0.6 is 0 Å². The van der Waals surface area contributed by atoms with Gasteiger partial charge in [0.2, 0.25) is 5.95 Å². The number of rotatable bonds is 4. The zero-order valence-electron chi connectivity index (χ0n) is 11.9. The van der Waals surface area contributed by atoms with E-state index in [1.54, 1.807) is 6.08 Å². The Kier molecular flexibility index (Phi) is 3.71. The normalized spacial score (nSPS) is 10.7. The standard InChI is InChI=1S/C15H12FN5O2/c1-2-7-17-14-18-8-11-12(19-14)20-15(23)21(13(11)22)10-5-3-9(16)4-6-10/h2-6,8H,1,7H2,(H2,17,18,19,20,23). The van der Waals surface area contributed by atoms with Crippen molar-refractivity contribution in [2.45, 2.75) is 0 Å². The lowest BCUT2D eigenvalue weighted by molar-refractivity contribution is 0.627. The highest BCUT2D eigenvalue weighted by molar-refractivity contribution is 5.73. The smallest absolute Gasteiger partial charge is 0.334 e. The zero-order chi connectivity index (χ0) is 16.4. The number of nitrogens with one attached hydrogen (secondary N) is 2. The van der Waals surface area contributed by atoms with Gasteiger partial charge in [0.15, 0.2) is 5.65 Å². The monoisotopic (exact) mass is 313 g/mol. The van der Waals surface area contributed by atoms with Gasteiger partial charge in [-0.2, -0.15) is 4.98 Å². The number of aromatic nitrogens is 4. The molecule has 2 heterocycles. The maximum atomic E-state index is 13.0. The Labute approximate surface area is 129 Å². The lowest BCUT2D eigenvalue weighted by atomic mass is 10.3. The van der Waals surface area contributed by atoms with Gasteiger partial charge in [-0.25, -0.2) is 18.7 Å². The summed E-state index contributed by atoms with van der Waals surface area (Å²) in [7, 11) is 0. The fourth-order valence-corrected chi connectivity index (χ4v) is 2.08.